The maximum atomic E-state index is 12.3. The number of carbonyl (C=O) groups excluding carboxylic acids is 1. The second-order valence-corrected chi connectivity index (χ2v) is 11.5. The van der Waals surface area contributed by atoms with Crippen molar-refractivity contribution in [2.24, 2.45) is 0 Å². The van der Waals surface area contributed by atoms with Crippen LogP contribution in [0.3, 0.4) is 0 Å². The van der Waals surface area contributed by atoms with E-state index >= 15 is 0 Å². The fourth-order valence-electron chi connectivity index (χ4n) is 4.41. The Morgan fingerprint density at radius 1 is 1.14 bits per heavy atom. The number of H-pyrrole nitrogens is 1. The molecule has 1 aromatic heterocycles. The van der Waals surface area contributed by atoms with Crippen LogP contribution in [-0.4, -0.2) is 60.1 Å². The van der Waals surface area contributed by atoms with Gasteiger partial charge in [0.1, 0.15) is 0 Å². The van der Waals surface area contributed by atoms with Gasteiger partial charge in [-0.3, -0.25) is 9.69 Å². The number of nitrogen functional groups attached to an aromatic ring is 1. The molecule has 0 atom stereocenters. The average molecular weight is 577 g/mol. The molecule has 0 radical (unpaired) electrons. The highest BCUT2D eigenvalue weighted by molar-refractivity contribution is 9.10. The molecular formula is C24H30BrN7O3S. The minimum atomic E-state index is -3.85. The number of anilines is 2. The molecule has 10 nitrogen and oxygen atoms in total. The molecule has 192 valence electrons. The first kappa shape index (κ1) is 26.1. The molecule has 3 aromatic rings. The molecule has 1 fully saturated rings. The third-order valence-electron chi connectivity index (χ3n) is 6.25. The number of piperidine rings is 1. The molecule has 0 unspecified atom stereocenters. The maximum Gasteiger partial charge on any atom is 0.264 e. The lowest BCUT2D eigenvalue weighted by molar-refractivity contribution is -0.117. The summed E-state index contributed by atoms with van der Waals surface area (Å²) >= 11 is 3.49. The summed E-state index contributed by atoms with van der Waals surface area (Å²) in [5.74, 6) is 0.327. The smallest absolute Gasteiger partial charge is 0.264 e. The number of carbonyl (C=O) groups is 1. The summed E-state index contributed by atoms with van der Waals surface area (Å²) in [6, 6.07) is 15.4. The Bertz CT molecular complexity index is 1270. The summed E-state index contributed by atoms with van der Waals surface area (Å²) in [6.07, 6.45) is 2.80. The number of nitrogens with two attached hydrogens (primary N) is 1. The van der Waals surface area contributed by atoms with E-state index in [4.69, 9.17) is 5.73 Å². The number of nitrogens with one attached hydrogen (secondary N) is 2. The van der Waals surface area contributed by atoms with E-state index in [0.29, 0.717) is 24.5 Å². The van der Waals surface area contributed by atoms with Gasteiger partial charge in [0.15, 0.2) is 0 Å². The fraction of sp³-hybridized carbons (Fsp3) is 0.375. The molecule has 1 amide bonds. The van der Waals surface area contributed by atoms with Crippen molar-refractivity contribution in [3.63, 3.8) is 0 Å². The van der Waals surface area contributed by atoms with Crippen LogP contribution in [0.2, 0.25) is 0 Å². The summed E-state index contributed by atoms with van der Waals surface area (Å²) < 4.78 is 27.6. The van der Waals surface area contributed by atoms with Crippen LogP contribution in [0.4, 0.5) is 11.9 Å². The van der Waals surface area contributed by atoms with Crippen molar-refractivity contribution >= 4 is 43.8 Å². The molecule has 12 heteroatoms. The Hall–Kier alpha value is -2.96. The molecule has 2 aromatic carbocycles. The van der Waals surface area contributed by atoms with E-state index in [9.17, 15) is 13.2 Å². The second kappa shape index (κ2) is 11.4. The lowest BCUT2D eigenvalue weighted by atomic mass is 10.0. The van der Waals surface area contributed by atoms with Crippen LogP contribution in [0.25, 0.3) is 0 Å². The van der Waals surface area contributed by atoms with Gasteiger partial charge in [0.05, 0.1) is 4.90 Å². The first-order chi connectivity index (χ1) is 17.2. The SMILES string of the molecule is CC(=O)NS(=O)(=O)c1ccc(CN(CCc2ccc(Br)cc2)C2CCN(c3n[nH]c(N)n3)CC2)cc1. The predicted octanol–water partition coefficient (Wildman–Crippen LogP) is 2.69. The Kier molecular flexibility index (Phi) is 8.27. The minimum absolute atomic E-state index is 0.0712. The summed E-state index contributed by atoms with van der Waals surface area (Å²) in [6.45, 7) is 4.38. The largest absolute Gasteiger partial charge is 0.368 e. The van der Waals surface area contributed by atoms with E-state index in [1.807, 2.05) is 16.9 Å². The third kappa shape index (κ3) is 6.83. The fourth-order valence-corrected chi connectivity index (χ4v) is 5.66. The molecule has 0 saturated carbocycles. The van der Waals surface area contributed by atoms with Crippen LogP contribution in [0.15, 0.2) is 57.9 Å². The third-order valence-corrected chi connectivity index (χ3v) is 8.23. The standard InChI is InChI=1S/C24H30BrN7O3S/c1-17(33)30-36(34,35)22-8-4-19(5-9-22)16-32(13-10-18-2-6-20(25)7-3-18)21-11-14-31(15-12-21)24-27-23(26)28-29-24/h2-9,21H,10-16H2,1H3,(H,30,33)(H3,26,27,28,29). The number of benzene rings is 2. The van der Waals surface area contributed by atoms with Crippen molar-refractivity contribution in [2.45, 2.75) is 43.7 Å². The van der Waals surface area contributed by atoms with Gasteiger partial charge in [-0.25, -0.2) is 18.2 Å². The number of aromatic nitrogens is 3. The number of nitrogens with zero attached hydrogens (tertiary/aromatic N) is 4. The Balaban J connectivity index is 1.46. The minimum Gasteiger partial charge on any atom is -0.368 e. The number of sulfonamides is 1. The van der Waals surface area contributed by atoms with E-state index in [2.05, 4.69) is 65.2 Å². The van der Waals surface area contributed by atoms with E-state index in [1.54, 1.807) is 12.1 Å². The first-order valence-corrected chi connectivity index (χ1v) is 14.0. The molecule has 1 aliphatic rings. The number of halogens is 1. The summed E-state index contributed by atoms with van der Waals surface area (Å²) in [5, 5.41) is 6.87. The monoisotopic (exact) mass is 575 g/mol. The molecule has 2 heterocycles. The van der Waals surface area contributed by atoms with Crippen LogP contribution < -0.4 is 15.4 Å². The van der Waals surface area contributed by atoms with Crippen molar-refractivity contribution in [3.8, 4) is 0 Å². The molecule has 1 saturated heterocycles. The zero-order chi connectivity index (χ0) is 25.7. The molecule has 1 aliphatic heterocycles. The normalized spacial score (nSPS) is 14.8. The van der Waals surface area contributed by atoms with Crippen molar-refractivity contribution in [1.29, 1.82) is 0 Å². The van der Waals surface area contributed by atoms with Crippen LogP contribution in [0.1, 0.15) is 30.9 Å². The Morgan fingerprint density at radius 2 is 1.78 bits per heavy atom. The number of rotatable bonds is 9. The van der Waals surface area contributed by atoms with Crippen LogP contribution in [0.5, 0.6) is 0 Å². The van der Waals surface area contributed by atoms with Gasteiger partial charge in [-0.15, -0.1) is 5.10 Å². The van der Waals surface area contributed by atoms with Crippen molar-refractivity contribution < 1.29 is 13.2 Å². The summed E-state index contributed by atoms with van der Waals surface area (Å²) in [4.78, 5) is 20.1. The average Bonchev–Trinajstić information content (AvgIpc) is 3.29. The van der Waals surface area contributed by atoms with Crippen LogP contribution in [0, 0.1) is 0 Å². The summed E-state index contributed by atoms with van der Waals surface area (Å²) in [5.41, 5.74) is 7.96. The quantitative estimate of drug-likeness (QED) is 0.354. The van der Waals surface area contributed by atoms with Crippen LogP contribution in [-0.2, 0) is 27.8 Å². The molecule has 4 N–H and O–H groups in total. The van der Waals surface area contributed by atoms with Gasteiger partial charge < -0.3 is 10.6 Å². The lowest BCUT2D eigenvalue weighted by Gasteiger charge is -2.38. The van der Waals surface area contributed by atoms with Crippen molar-refractivity contribution in [2.75, 3.05) is 30.3 Å². The summed E-state index contributed by atoms with van der Waals surface area (Å²) in [7, 11) is -3.85. The lowest BCUT2D eigenvalue weighted by Crippen LogP contribution is -2.45. The van der Waals surface area contributed by atoms with E-state index in [-0.39, 0.29) is 4.90 Å². The van der Waals surface area contributed by atoms with Gasteiger partial charge in [0.25, 0.3) is 10.0 Å². The highest BCUT2D eigenvalue weighted by atomic mass is 79.9. The van der Waals surface area contributed by atoms with Crippen LogP contribution >= 0.6 is 15.9 Å². The Morgan fingerprint density at radius 3 is 2.36 bits per heavy atom. The molecule has 0 spiro atoms. The highest BCUT2D eigenvalue weighted by Gasteiger charge is 2.26. The van der Waals surface area contributed by atoms with Gasteiger partial charge in [-0.1, -0.05) is 40.2 Å². The van der Waals surface area contributed by atoms with Gasteiger partial charge in [-0.2, -0.15) is 4.98 Å². The second-order valence-electron chi connectivity index (χ2n) is 8.89. The maximum absolute atomic E-state index is 12.3. The van der Waals surface area contributed by atoms with Gasteiger partial charge in [0, 0.05) is 43.6 Å². The number of hydrogen-bond acceptors (Lipinski definition) is 8. The molecule has 4 rings (SSSR count). The van der Waals surface area contributed by atoms with Gasteiger partial charge >= 0.3 is 0 Å². The van der Waals surface area contributed by atoms with E-state index in [0.717, 1.165) is 48.9 Å². The van der Waals surface area contributed by atoms with Crippen molar-refractivity contribution in [3.05, 3.63) is 64.1 Å². The van der Waals surface area contributed by atoms with E-state index < -0.39 is 15.9 Å². The number of aromatic amines is 1. The Labute approximate surface area is 219 Å². The first-order valence-electron chi connectivity index (χ1n) is 11.7. The predicted molar refractivity (Wildman–Crippen MR) is 142 cm³/mol. The molecule has 0 aliphatic carbocycles. The van der Waals surface area contributed by atoms with Crippen molar-refractivity contribution in [1.82, 2.24) is 24.8 Å². The molecular weight excluding hydrogens is 546 g/mol. The zero-order valence-corrected chi connectivity index (χ0v) is 22.4. The van der Waals surface area contributed by atoms with Gasteiger partial charge in [-0.05, 0) is 54.7 Å². The molecule has 36 heavy (non-hydrogen) atoms. The number of amides is 1. The molecule has 0 bridgehead atoms. The highest BCUT2D eigenvalue weighted by Crippen LogP contribution is 2.23. The van der Waals surface area contributed by atoms with E-state index in [1.165, 1.54) is 12.5 Å². The zero-order valence-electron chi connectivity index (χ0n) is 20.0. The number of hydrogen-bond donors (Lipinski definition) is 3. The topological polar surface area (TPSA) is 137 Å². The van der Waals surface area contributed by atoms with Gasteiger partial charge in [0.2, 0.25) is 17.8 Å².